The van der Waals surface area contributed by atoms with Crippen molar-refractivity contribution >= 4 is 40.6 Å². The highest BCUT2D eigenvalue weighted by molar-refractivity contribution is 6.30. The molecule has 192 valence electrons. The summed E-state index contributed by atoms with van der Waals surface area (Å²) in [4.78, 5) is 39.8. The average molecular weight is 519 g/mol. The van der Waals surface area contributed by atoms with Gasteiger partial charge >= 0.3 is 0 Å². The van der Waals surface area contributed by atoms with Gasteiger partial charge in [0.05, 0.1) is 11.4 Å². The van der Waals surface area contributed by atoms with E-state index < -0.39 is 5.91 Å². The Morgan fingerprint density at radius 2 is 1.68 bits per heavy atom. The fraction of sp³-hybridized carbons (Fsp3) is 0.276. The minimum atomic E-state index is -0.616. The first-order valence-corrected chi connectivity index (χ1v) is 12.7. The number of carbonyl (C=O) groups is 3. The zero-order chi connectivity index (χ0) is 26.7. The molecule has 1 aliphatic heterocycles. The number of aromatic nitrogens is 1. The van der Waals surface area contributed by atoms with Gasteiger partial charge in [0.1, 0.15) is 0 Å². The van der Waals surface area contributed by atoms with Gasteiger partial charge in [-0.3, -0.25) is 14.4 Å². The number of carbonyl (C=O) groups excluding carboxylic acids is 3. The summed E-state index contributed by atoms with van der Waals surface area (Å²) in [5.74, 6) is -1.01. The Kier molecular flexibility index (Phi) is 7.83. The maximum atomic E-state index is 13.7. The number of ketones is 1. The largest absolute Gasteiger partial charge is 0.370 e. The van der Waals surface area contributed by atoms with Crippen molar-refractivity contribution in [3.63, 3.8) is 0 Å². The molecular weight excluding hydrogens is 488 g/mol. The van der Waals surface area contributed by atoms with Crippen LogP contribution in [0.15, 0.2) is 60.7 Å². The molecule has 7 nitrogen and oxygen atoms in total. The van der Waals surface area contributed by atoms with Crippen LogP contribution in [0.2, 0.25) is 5.02 Å². The highest BCUT2D eigenvalue weighted by Crippen LogP contribution is 2.32. The van der Waals surface area contributed by atoms with Gasteiger partial charge < -0.3 is 20.5 Å². The first-order chi connectivity index (χ1) is 17.7. The molecule has 0 unspecified atom stereocenters. The number of halogens is 1. The number of hydrogen-bond acceptors (Lipinski definition) is 4. The predicted octanol–water partition coefficient (Wildman–Crippen LogP) is 5.34. The number of rotatable bonds is 9. The first-order valence-electron chi connectivity index (χ1n) is 12.3. The van der Waals surface area contributed by atoms with E-state index in [2.05, 4.69) is 16.8 Å². The zero-order valence-electron chi connectivity index (χ0n) is 21.1. The fourth-order valence-corrected chi connectivity index (χ4v) is 4.87. The standard InChI is InChI=1S/C29H31ClN4O3/c1-18(29(31)37)6-13-27(35)32-25-17-21(7-12-26(25)33-14-4-5-15-33)28(36)24-16-19(2)34(20(24)3)23-10-8-22(30)9-11-23/h7-12,16-17H,1,4-6,13-15H2,2-3H3,(H2,31,37)(H,32,35). The lowest BCUT2D eigenvalue weighted by Gasteiger charge is -2.22. The van der Waals surface area contributed by atoms with Crippen LogP contribution in [-0.4, -0.2) is 35.3 Å². The molecule has 0 spiro atoms. The Morgan fingerprint density at radius 1 is 1.00 bits per heavy atom. The molecule has 0 aliphatic carbocycles. The van der Waals surface area contributed by atoms with Crippen LogP contribution in [0.25, 0.3) is 5.69 Å². The predicted molar refractivity (Wildman–Crippen MR) is 148 cm³/mol. The number of amides is 2. The van der Waals surface area contributed by atoms with Crippen LogP contribution >= 0.6 is 11.6 Å². The molecule has 0 saturated carbocycles. The second-order valence-electron chi connectivity index (χ2n) is 9.37. The van der Waals surface area contributed by atoms with E-state index in [0.29, 0.717) is 21.8 Å². The number of nitrogens with zero attached hydrogens (tertiary/aromatic N) is 2. The van der Waals surface area contributed by atoms with E-state index >= 15 is 0 Å². The van der Waals surface area contributed by atoms with Crippen LogP contribution in [-0.2, 0) is 9.59 Å². The highest BCUT2D eigenvalue weighted by Gasteiger charge is 2.22. The fourth-order valence-electron chi connectivity index (χ4n) is 4.75. The van der Waals surface area contributed by atoms with Crippen LogP contribution in [0.3, 0.4) is 0 Å². The lowest BCUT2D eigenvalue weighted by molar-refractivity contribution is -0.116. The van der Waals surface area contributed by atoms with E-state index in [0.717, 1.165) is 48.7 Å². The van der Waals surface area contributed by atoms with Crippen molar-refractivity contribution in [3.05, 3.63) is 88.2 Å². The van der Waals surface area contributed by atoms with Gasteiger partial charge in [-0.1, -0.05) is 18.2 Å². The second kappa shape index (κ2) is 11.0. The molecular formula is C29H31ClN4O3. The summed E-state index contributed by atoms with van der Waals surface area (Å²) in [7, 11) is 0. The number of hydrogen-bond donors (Lipinski definition) is 2. The third-order valence-electron chi connectivity index (χ3n) is 6.74. The molecule has 3 aromatic rings. The van der Waals surface area contributed by atoms with E-state index in [-0.39, 0.29) is 30.1 Å². The van der Waals surface area contributed by atoms with Crippen molar-refractivity contribution in [2.24, 2.45) is 5.73 Å². The van der Waals surface area contributed by atoms with Crippen molar-refractivity contribution in [2.45, 2.75) is 39.5 Å². The van der Waals surface area contributed by atoms with Gasteiger partial charge in [0.15, 0.2) is 5.78 Å². The van der Waals surface area contributed by atoms with Crippen LogP contribution < -0.4 is 16.0 Å². The maximum Gasteiger partial charge on any atom is 0.244 e. The third-order valence-corrected chi connectivity index (χ3v) is 6.99. The Morgan fingerprint density at radius 3 is 2.32 bits per heavy atom. The Balaban J connectivity index is 1.64. The molecule has 37 heavy (non-hydrogen) atoms. The number of benzene rings is 2. The van der Waals surface area contributed by atoms with Crippen LogP contribution in [0.5, 0.6) is 0 Å². The van der Waals surface area contributed by atoms with E-state index in [1.54, 1.807) is 6.07 Å². The number of nitrogens with two attached hydrogens (primary N) is 1. The molecule has 8 heteroatoms. The van der Waals surface area contributed by atoms with E-state index in [9.17, 15) is 14.4 Å². The number of anilines is 2. The van der Waals surface area contributed by atoms with Crippen LogP contribution in [0.4, 0.5) is 11.4 Å². The molecule has 4 rings (SSSR count). The lowest BCUT2D eigenvalue weighted by atomic mass is 10.0. The monoisotopic (exact) mass is 518 g/mol. The van der Waals surface area contributed by atoms with Crippen molar-refractivity contribution < 1.29 is 14.4 Å². The van der Waals surface area contributed by atoms with E-state index in [1.807, 2.05) is 60.9 Å². The number of primary amides is 1. The lowest BCUT2D eigenvalue weighted by Crippen LogP contribution is -2.22. The summed E-state index contributed by atoms with van der Waals surface area (Å²) in [5.41, 5.74) is 10.6. The summed E-state index contributed by atoms with van der Waals surface area (Å²) in [5, 5.41) is 3.59. The molecule has 0 atom stereocenters. The van der Waals surface area contributed by atoms with Gasteiger partial charge in [0.2, 0.25) is 11.8 Å². The summed E-state index contributed by atoms with van der Waals surface area (Å²) >= 11 is 6.05. The van der Waals surface area contributed by atoms with Crippen LogP contribution in [0, 0.1) is 13.8 Å². The van der Waals surface area contributed by atoms with Gasteiger partial charge in [-0.15, -0.1) is 0 Å². The van der Waals surface area contributed by atoms with E-state index in [1.165, 1.54) is 0 Å². The number of aryl methyl sites for hydroxylation is 1. The first kappa shape index (κ1) is 26.2. The number of nitrogens with one attached hydrogen (secondary N) is 1. The maximum absolute atomic E-state index is 13.7. The molecule has 0 radical (unpaired) electrons. The normalized spacial score (nSPS) is 13.0. The van der Waals surface area contributed by atoms with Crippen molar-refractivity contribution in [1.82, 2.24) is 4.57 Å². The highest BCUT2D eigenvalue weighted by atomic mass is 35.5. The quantitative estimate of drug-likeness (QED) is 0.295. The average Bonchev–Trinajstić information content (AvgIpc) is 3.50. The Hall–Kier alpha value is -3.84. The molecule has 3 N–H and O–H groups in total. The Bertz CT molecular complexity index is 1370. The minimum Gasteiger partial charge on any atom is -0.370 e. The summed E-state index contributed by atoms with van der Waals surface area (Å²) in [6.07, 6.45) is 2.39. The van der Waals surface area contributed by atoms with Gasteiger partial charge in [-0.25, -0.2) is 0 Å². The minimum absolute atomic E-state index is 0.0711. The topological polar surface area (TPSA) is 97.4 Å². The van der Waals surface area contributed by atoms with Gasteiger partial charge in [0, 0.05) is 58.3 Å². The third kappa shape index (κ3) is 5.78. The summed E-state index contributed by atoms with van der Waals surface area (Å²) in [6, 6.07) is 14.8. The van der Waals surface area contributed by atoms with Gasteiger partial charge in [-0.2, -0.15) is 0 Å². The molecule has 2 aromatic carbocycles. The molecule has 1 aromatic heterocycles. The van der Waals surface area contributed by atoms with Crippen molar-refractivity contribution in [2.75, 3.05) is 23.3 Å². The molecule has 1 saturated heterocycles. The summed E-state index contributed by atoms with van der Waals surface area (Å²) < 4.78 is 2.02. The summed E-state index contributed by atoms with van der Waals surface area (Å²) in [6.45, 7) is 9.26. The van der Waals surface area contributed by atoms with Crippen LogP contribution in [0.1, 0.15) is 53.0 Å². The smallest absolute Gasteiger partial charge is 0.244 e. The zero-order valence-corrected chi connectivity index (χ0v) is 21.9. The van der Waals surface area contributed by atoms with Gasteiger partial charge in [-0.05, 0) is 81.6 Å². The molecule has 0 bridgehead atoms. The second-order valence-corrected chi connectivity index (χ2v) is 9.80. The molecule has 1 aliphatic rings. The SMILES string of the molecule is C=C(CCC(=O)Nc1cc(C(=O)c2cc(C)n(-c3ccc(Cl)cc3)c2C)ccc1N1CCCC1)C(N)=O. The molecule has 2 heterocycles. The van der Waals surface area contributed by atoms with Crippen molar-refractivity contribution in [3.8, 4) is 5.69 Å². The Labute approximate surface area is 221 Å². The van der Waals surface area contributed by atoms with E-state index in [4.69, 9.17) is 17.3 Å². The van der Waals surface area contributed by atoms with Crippen molar-refractivity contribution in [1.29, 1.82) is 0 Å². The molecule has 2 amide bonds. The molecule has 1 fully saturated rings. The van der Waals surface area contributed by atoms with Gasteiger partial charge in [0.25, 0.3) is 0 Å².